The summed E-state index contributed by atoms with van der Waals surface area (Å²) in [7, 11) is 0. The summed E-state index contributed by atoms with van der Waals surface area (Å²) in [6, 6.07) is -0.373. The van der Waals surface area contributed by atoms with Gasteiger partial charge in [0.1, 0.15) is 10.0 Å². The first kappa shape index (κ1) is 21.2. The largest absolute Gasteiger partial charge is 0.493 e. The van der Waals surface area contributed by atoms with Crippen molar-refractivity contribution in [1.82, 2.24) is 4.98 Å². The van der Waals surface area contributed by atoms with Crippen LogP contribution in [0.4, 0.5) is 18.3 Å². The second kappa shape index (κ2) is 6.81. The molecule has 6 nitrogen and oxygen atoms in total. The zero-order valence-corrected chi connectivity index (χ0v) is 16.3. The number of aromatic nitrogens is 1. The number of carbonyl (C=O) groups is 2. The Morgan fingerprint density at radius 3 is 2.27 bits per heavy atom. The number of alkyl halides is 4. The fourth-order valence-electron chi connectivity index (χ4n) is 2.27. The number of halogens is 5. The van der Waals surface area contributed by atoms with E-state index in [0.717, 1.165) is 11.3 Å². The second-order valence-corrected chi connectivity index (χ2v) is 9.04. The number of hydroxylamine groups is 1. The normalized spacial score (nSPS) is 23.3. The van der Waals surface area contributed by atoms with Gasteiger partial charge in [0, 0.05) is 6.04 Å². The van der Waals surface area contributed by atoms with E-state index in [-0.39, 0.29) is 34.2 Å². The minimum atomic E-state index is -5.30. The van der Waals surface area contributed by atoms with Crippen LogP contribution in [0.15, 0.2) is 0 Å². The van der Waals surface area contributed by atoms with Gasteiger partial charge in [0.05, 0.1) is 4.88 Å². The van der Waals surface area contributed by atoms with Crippen LogP contribution in [0, 0.1) is 0 Å². The number of carbonyl (C=O) groups excluding carboxylic acids is 2. The standard InChI is InChI=1S/C14H16Cl2F3N3O3S/c1-12(2,3)7-8(15)21-11(26-7)22(25-10(24)14(17,18)19)9(23)13(16)4-6(20)5-13/h6H,4-5,20H2,1-3H3. The summed E-state index contributed by atoms with van der Waals surface area (Å²) in [6.07, 6.45) is -5.25. The zero-order valence-electron chi connectivity index (χ0n) is 14.0. The Balaban J connectivity index is 2.41. The third-order valence-corrected chi connectivity index (χ3v) is 5.88. The molecule has 1 saturated carbocycles. The van der Waals surface area contributed by atoms with Crippen molar-refractivity contribution in [2.75, 3.05) is 5.06 Å². The van der Waals surface area contributed by atoms with E-state index >= 15 is 0 Å². The molecule has 1 heterocycles. The van der Waals surface area contributed by atoms with E-state index in [9.17, 15) is 22.8 Å². The lowest BCUT2D eigenvalue weighted by Crippen LogP contribution is -2.58. The van der Waals surface area contributed by atoms with E-state index in [1.54, 1.807) is 20.8 Å². The molecule has 26 heavy (non-hydrogen) atoms. The lowest BCUT2D eigenvalue weighted by Gasteiger charge is -2.40. The molecule has 1 aromatic rings. The topological polar surface area (TPSA) is 85.5 Å². The summed E-state index contributed by atoms with van der Waals surface area (Å²) in [5, 5.41) is -0.157. The number of thiazole rings is 1. The maximum Gasteiger partial charge on any atom is 0.493 e. The van der Waals surface area contributed by atoms with Crippen LogP contribution in [0.5, 0.6) is 0 Å². The van der Waals surface area contributed by atoms with Gasteiger partial charge in [-0.3, -0.25) is 4.79 Å². The van der Waals surface area contributed by atoms with Crippen molar-refractivity contribution in [3.63, 3.8) is 0 Å². The van der Waals surface area contributed by atoms with E-state index in [1.165, 1.54) is 0 Å². The van der Waals surface area contributed by atoms with Crippen molar-refractivity contribution < 1.29 is 27.6 Å². The monoisotopic (exact) mass is 433 g/mol. The average molecular weight is 434 g/mol. The van der Waals surface area contributed by atoms with E-state index in [4.69, 9.17) is 28.9 Å². The predicted octanol–water partition coefficient (Wildman–Crippen LogP) is 3.55. The molecule has 0 saturated heterocycles. The molecule has 0 bridgehead atoms. The van der Waals surface area contributed by atoms with Crippen LogP contribution in [0.2, 0.25) is 5.15 Å². The molecule has 0 atom stereocenters. The van der Waals surface area contributed by atoms with Gasteiger partial charge in [-0.05, 0) is 18.3 Å². The summed E-state index contributed by atoms with van der Waals surface area (Å²) in [4.78, 5) is 31.0. The van der Waals surface area contributed by atoms with Crippen LogP contribution >= 0.6 is 34.5 Å². The fraction of sp³-hybridized carbons (Fsp3) is 0.643. The van der Waals surface area contributed by atoms with Gasteiger partial charge in [-0.2, -0.15) is 13.2 Å². The molecule has 0 spiro atoms. The van der Waals surface area contributed by atoms with Gasteiger partial charge < -0.3 is 10.6 Å². The molecule has 1 amide bonds. The first-order valence-electron chi connectivity index (χ1n) is 7.40. The van der Waals surface area contributed by atoms with Crippen molar-refractivity contribution in [1.29, 1.82) is 0 Å². The van der Waals surface area contributed by atoms with Gasteiger partial charge in [0.25, 0.3) is 5.91 Å². The second-order valence-electron chi connectivity index (χ2n) is 6.98. The highest BCUT2D eigenvalue weighted by Gasteiger charge is 2.53. The molecule has 0 radical (unpaired) electrons. The number of amides is 1. The number of rotatable bonds is 2. The highest BCUT2D eigenvalue weighted by Crippen LogP contribution is 2.43. The summed E-state index contributed by atoms with van der Waals surface area (Å²) >= 11 is 13.0. The Morgan fingerprint density at radius 2 is 1.88 bits per heavy atom. The van der Waals surface area contributed by atoms with Crippen LogP contribution in [-0.2, 0) is 19.8 Å². The Hall–Kier alpha value is -1.10. The number of hydrogen-bond acceptors (Lipinski definition) is 6. The van der Waals surface area contributed by atoms with Crippen molar-refractivity contribution in [3.05, 3.63) is 10.0 Å². The number of anilines is 1. The Bertz CT molecular complexity index is 727. The summed E-state index contributed by atoms with van der Waals surface area (Å²) in [5.74, 6) is -3.62. The molecular weight excluding hydrogens is 418 g/mol. The third kappa shape index (κ3) is 4.24. The van der Waals surface area contributed by atoms with E-state index in [1.807, 2.05) is 0 Å². The Kier molecular flexibility index (Phi) is 5.55. The molecule has 0 unspecified atom stereocenters. The molecule has 1 aliphatic rings. The minimum absolute atomic E-state index is 0.00714. The maximum absolute atomic E-state index is 12.6. The molecule has 2 N–H and O–H groups in total. The van der Waals surface area contributed by atoms with Gasteiger partial charge in [-0.15, -0.1) is 16.7 Å². The highest BCUT2D eigenvalue weighted by atomic mass is 35.5. The van der Waals surface area contributed by atoms with Crippen LogP contribution < -0.4 is 10.8 Å². The number of nitrogens with two attached hydrogens (primary N) is 1. The molecule has 0 aliphatic heterocycles. The Labute approximate surface area is 161 Å². The van der Waals surface area contributed by atoms with Gasteiger partial charge in [0.2, 0.25) is 5.13 Å². The van der Waals surface area contributed by atoms with Gasteiger partial charge in [-0.1, -0.05) is 43.7 Å². The molecule has 146 valence electrons. The van der Waals surface area contributed by atoms with Crippen LogP contribution in [0.1, 0.15) is 38.5 Å². The summed E-state index contributed by atoms with van der Waals surface area (Å²) < 4.78 is 37.8. The first-order valence-corrected chi connectivity index (χ1v) is 8.97. The quantitative estimate of drug-likeness (QED) is 0.569. The molecule has 2 rings (SSSR count). The van der Waals surface area contributed by atoms with Crippen LogP contribution in [-0.4, -0.2) is 34.0 Å². The SMILES string of the molecule is CC(C)(C)c1sc(N(OC(=O)C(F)(F)F)C(=O)C2(Cl)CC(N)C2)nc1Cl. The van der Waals surface area contributed by atoms with E-state index < -0.39 is 28.3 Å². The third-order valence-electron chi connectivity index (χ3n) is 3.57. The van der Waals surface area contributed by atoms with E-state index in [2.05, 4.69) is 9.82 Å². The average Bonchev–Trinajstić information content (AvgIpc) is 2.82. The molecule has 12 heteroatoms. The van der Waals surface area contributed by atoms with Crippen LogP contribution in [0.3, 0.4) is 0 Å². The van der Waals surface area contributed by atoms with E-state index in [0.29, 0.717) is 4.88 Å². The smallest absolute Gasteiger partial charge is 0.328 e. The number of nitrogens with zero attached hydrogens (tertiary/aromatic N) is 2. The number of hydrogen-bond donors (Lipinski definition) is 1. The summed E-state index contributed by atoms with van der Waals surface area (Å²) in [5.41, 5.74) is 5.12. The van der Waals surface area contributed by atoms with Gasteiger partial charge in [0.15, 0.2) is 0 Å². The first-order chi connectivity index (χ1) is 11.6. The highest BCUT2D eigenvalue weighted by molar-refractivity contribution is 7.16. The minimum Gasteiger partial charge on any atom is -0.328 e. The lowest BCUT2D eigenvalue weighted by molar-refractivity contribution is -0.202. The Morgan fingerprint density at radius 1 is 1.35 bits per heavy atom. The van der Waals surface area contributed by atoms with Crippen LogP contribution in [0.25, 0.3) is 0 Å². The van der Waals surface area contributed by atoms with Crippen molar-refractivity contribution >= 4 is 51.5 Å². The zero-order chi connectivity index (χ0) is 20.1. The van der Waals surface area contributed by atoms with Gasteiger partial charge in [-0.25, -0.2) is 9.78 Å². The molecule has 1 fully saturated rings. The van der Waals surface area contributed by atoms with Crippen molar-refractivity contribution in [2.24, 2.45) is 5.73 Å². The summed E-state index contributed by atoms with van der Waals surface area (Å²) in [6.45, 7) is 5.41. The molecule has 0 aromatic carbocycles. The maximum atomic E-state index is 12.6. The molecular formula is C14H16Cl2F3N3O3S. The molecule has 1 aliphatic carbocycles. The lowest BCUT2D eigenvalue weighted by atomic mass is 9.79. The molecule has 1 aromatic heterocycles. The van der Waals surface area contributed by atoms with Crippen molar-refractivity contribution in [3.8, 4) is 0 Å². The fourth-order valence-corrected chi connectivity index (χ4v) is 4.23. The van der Waals surface area contributed by atoms with Gasteiger partial charge >= 0.3 is 12.1 Å². The predicted molar refractivity (Wildman–Crippen MR) is 91.3 cm³/mol. The van der Waals surface area contributed by atoms with Crippen molar-refractivity contribution in [2.45, 2.75) is 56.1 Å².